The van der Waals surface area contributed by atoms with Crippen molar-refractivity contribution >= 4 is 34.7 Å². The molecule has 26 heavy (non-hydrogen) atoms. The Hall–Kier alpha value is -1.80. The van der Waals surface area contributed by atoms with E-state index in [9.17, 15) is 0 Å². The number of benzene rings is 1. The van der Waals surface area contributed by atoms with Crippen LogP contribution in [0.4, 0.5) is 0 Å². The fourth-order valence-corrected chi connectivity index (χ4v) is 3.71. The molecule has 0 saturated heterocycles. The summed E-state index contributed by atoms with van der Waals surface area (Å²) in [5.41, 5.74) is 6.96. The van der Waals surface area contributed by atoms with E-state index in [0.717, 1.165) is 29.4 Å². The Labute approximate surface area is 165 Å². The zero-order chi connectivity index (χ0) is 18.5. The zero-order valence-electron chi connectivity index (χ0n) is 15.1. The van der Waals surface area contributed by atoms with Gasteiger partial charge in [0.1, 0.15) is 0 Å². The fourth-order valence-electron chi connectivity index (χ4n) is 3.38. The first kappa shape index (κ1) is 19.0. The van der Waals surface area contributed by atoms with Gasteiger partial charge in [0.25, 0.3) is 0 Å². The molecule has 1 aromatic rings. The minimum absolute atomic E-state index is 0.277. The lowest BCUT2D eigenvalue weighted by molar-refractivity contribution is 0.174. The van der Waals surface area contributed by atoms with Gasteiger partial charge in [-0.25, -0.2) is 0 Å². The van der Waals surface area contributed by atoms with Crippen molar-refractivity contribution in [3.63, 3.8) is 0 Å². The van der Waals surface area contributed by atoms with Crippen LogP contribution in [0.3, 0.4) is 0 Å². The summed E-state index contributed by atoms with van der Waals surface area (Å²) in [4.78, 5) is 0. The second-order valence-electron chi connectivity index (χ2n) is 6.97. The van der Waals surface area contributed by atoms with Crippen LogP contribution in [0.2, 0.25) is 0 Å². The summed E-state index contributed by atoms with van der Waals surface area (Å²) in [6.45, 7) is 5.46. The molecule has 4 N–H and O–H groups in total. The van der Waals surface area contributed by atoms with Crippen LogP contribution in [0.15, 0.2) is 18.2 Å². The van der Waals surface area contributed by atoms with E-state index in [1.807, 2.05) is 18.2 Å². The Morgan fingerprint density at radius 2 is 1.85 bits per heavy atom. The molecule has 0 bridgehead atoms. The number of thiocarbonyl (C=S) groups is 2. The Kier molecular flexibility index (Phi) is 6.37. The maximum Gasteiger partial charge on any atom is 0.231 e. The fraction of sp³-hybridized carbons (Fsp3) is 0.556. The van der Waals surface area contributed by atoms with E-state index in [2.05, 4.69) is 35.3 Å². The van der Waals surface area contributed by atoms with Gasteiger partial charge in [0.2, 0.25) is 6.79 Å². The van der Waals surface area contributed by atoms with Crippen LogP contribution < -0.4 is 31.0 Å². The van der Waals surface area contributed by atoms with Gasteiger partial charge in [-0.3, -0.25) is 10.9 Å². The van der Waals surface area contributed by atoms with Crippen LogP contribution in [-0.2, 0) is 6.54 Å². The lowest BCUT2D eigenvalue weighted by atomic mass is 9.78. The van der Waals surface area contributed by atoms with Gasteiger partial charge in [0, 0.05) is 12.6 Å². The van der Waals surface area contributed by atoms with Crippen molar-refractivity contribution in [2.45, 2.75) is 45.7 Å². The van der Waals surface area contributed by atoms with Crippen molar-refractivity contribution in [2.75, 3.05) is 6.79 Å². The summed E-state index contributed by atoms with van der Waals surface area (Å²) in [6.07, 6.45) is 3.69. The van der Waals surface area contributed by atoms with E-state index in [1.165, 1.54) is 12.8 Å². The summed E-state index contributed by atoms with van der Waals surface area (Å²) < 4.78 is 10.7. The summed E-state index contributed by atoms with van der Waals surface area (Å²) in [6, 6.07) is 6.24. The van der Waals surface area contributed by atoms with Crippen LogP contribution in [0.5, 0.6) is 11.5 Å². The first-order valence-electron chi connectivity index (χ1n) is 9.02. The number of hydrogen-bond donors (Lipinski definition) is 4. The van der Waals surface area contributed by atoms with Crippen molar-refractivity contribution in [3.05, 3.63) is 23.8 Å². The SMILES string of the molecule is C[C@@H]1[C@@H](C)CCC[C@H]1NC(=S)NNC(=S)NCc1ccc2c(c1)OCO2. The molecule has 3 rings (SSSR count). The number of hydrazine groups is 1. The molecule has 8 heteroatoms. The molecule has 142 valence electrons. The van der Waals surface area contributed by atoms with Gasteiger partial charge in [-0.2, -0.15) is 0 Å². The minimum Gasteiger partial charge on any atom is -0.454 e. The van der Waals surface area contributed by atoms with Gasteiger partial charge in [-0.05, 0) is 60.4 Å². The van der Waals surface area contributed by atoms with Gasteiger partial charge >= 0.3 is 0 Å². The van der Waals surface area contributed by atoms with Crippen molar-refractivity contribution < 1.29 is 9.47 Å². The molecular formula is C18H26N4O2S2. The van der Waals surface area contributed by atoms with Gasteiger partial charge in [0.05, 0.1) is 0 Å². The molecule has 1 heterocycles. The quantitative estimate of drug-likeness (QED) is 0.461. The molecule has 0 amide bonds. The molecule has 3 atom stereocenters. The molecular weight excluding hydrogens is 368 g/mol. The molecule has 1 fully saturated rings. The highest BCUT2D eigenvalue weighted by atomic mass is 32.1. The maximum absolute atomic E-state index is 5.38. The smallest absolute Gasteiger partial charge is 0.231 e. The third-order valence-electron chi connectivity index (χ3n) is 5.20. The molecule has 1 aliphatic carbocycles. The number of ether oxygens (including phenoxy) is 2. The molecule has 1 aliphatic heterocycles. The Balaban J connectivity index is 1.37. The van der Waals surface area contributed by atoms with E-state index < -0.39 is 0 Å². The van der Waals surface area contributed by atoms with Crippen LogP contribution in [0, 0.1) is 11.8 Å². The van der Waals surface area contributed by atoms with E-state index in [4.69, 9.17) is 33.9 Å². The first-order valence-corrected chi connectivity index (χ1v) is 9.83. The van der Waals surface area contributed by atoms with Crippen molar-refractivity contribution in [2.24, 2.45) is 11.8 Å². The lowest BCUT2D eigenvalue weighted by Crippen LogP contribution is -2.54. The van der Waals surface area contributed by atoms with E-state index in [1.54, 1.807) is 0 Å². The highest BCUT2D eigenvalue weighted by Crippen LogP contribution is 2.32. The summed E-state index contributed by atoms with van der Waals surface area (Å²) in [5, 5.41) is 7.59. The monoisotopic (exact) mass is 394 g/mol. The number of hydrogen-bond acceptors (Lipinski definition) is 4. The van der Waals surface area contributed by atoms with E-state index in [-0.39, 0.29) is 6.79 Å². The molecule has 0 unspecified atom stereocenters. The molecule has 2 aliphatic rings. The average Bonchev–Trinajstić information content (AvgIpc) is 3.10. The normalized spacial score (nSPS) is 23.8. The molecule has 1 aromatic carbocycles. The molecule has 1 saturated carbocycles. The first-order chi connectivity index (χ1) is 12.5. The van der Waals surface area contributed by atoms with Gasteiger partial charge < -0.3 is 20.1 Å². The Morgan fingerprint density at radius 1 is 1.08 bits per heavy atom. The largest absolute Gasteiger partial charge is 0.454 e. The van der Waals surface area contributed by atoms with Gasteiger partial charge in [-0.1, -0.05) is 32.8 Å². The zero-order valence-corrected chi connectivity index (χ0v) is 16.8. The molecule has 0 spiro atoms. The van der Waals surface area contributed by atoms with E-state index >= 15 is 0 Å². The summed E-state index contributed by atoms with van der Waals surface area (Å²) in [5.74, 6) is 2.88. The number of nitrogens with one attached hydrogen (secondary N) is 4. The summed E-state index contributed by atoms with van der Waals surface area (Å²) in [7, 11) is 0. The predicted molar refractivity (Wildman–Crippen MR) is 110 cm³/mol. The van der Waals surface area contributed by atoms with Crippen molar-refractivity contribution in [1.82, 2.24) is 21.5 Å². The molecule has 0 aromatic heterocycles. The second kappa shape index (κ2) is 8.73. The Morgan fingerprint density at radius 3 is 2.69 bits per heavy atom. The topological polar surface area (TPSA) is 66.6 Å². The minimum atomic E-state index is 0.277. The van der Waals surface area contributed by atoms with E-state index in [0.29, 0.717) is 28.7 Å². The average molecular weight is 395 g/mol. The lowest BCUT2D eigenvalue weighted by Gasteiger charge is -2.35. The Bertz CT molecular complexity index is 671. The number of rotatable bonds is 3. The molecule has 0 radical (unpaired) electrons. The van der Waals surface area contributed by atoms with Crippen molar-refractivity contribution in [3.8, 4) is 11.5 Å². The van der Waals surface area contributed by atoms with Gasteiger partial charge in [0.15, 0.2) is 21.7 Å². The van der Waals surface area contributed by atoms with Crippen molar-refractivity contribution in [1.29, 1.82) is 0 Å². The number of fused-ring (bicyclic) bond motifs is 1. The highest BCUT2D eigenvalue weighted by Gasteiger charge is 2.27. The van der Waals surface area contributed by atoms with Crippen LogP contribution in [-0.4, -0.2) is 23.1 Å². The predicted octanol–water partition coefficient (Wildman–Crippen LogP) is 2.58. The highest BCUT2D eigenvalue weighted by molar-refractivity contribution is 7.80. The molecule has 6 nitrogen and oxygen atoms in total. The van der Waals surface area contributed by atoms with Crippen LogP contribution in [0.25, 0.3) is 0 Å². The van der Waals surface area contributed by atoms with Gasteiger partial charge in [-0.15, -0.1) is 0 Å². The van der Waals surface area contributed by atoms with Crippen LogP contribution in [0.1, 0.15) is 38.7 Å². The third-order valence-corrected chi connectivity index (χ3v) is 5.67. The maximum atomic E-state index is 5.38. The van der Waals surface area contributed by atoms with Crippen LogP contribution >= 0.6 is 24.4 Å². The second-order valence-corrected chi connectivity index (χ2v) is 7.78. The summed E-state index contributed by atoms with van der Waals surface area (Å²) >= 11 is 10.7. The standard InChI is InChI=1S/C18H26N4O2S2/c1-11-4-3-5-14(12(11)2)20-18(26)22-21-17(25)19-9-13-6-7-15-16(8-13)24-10-23-15/h6-8,11-12,14H,3-5,9-10H2,1-2H3,(H2,19,21,25)(H2,20,22,26)/t11-,12+,14+/m0/s1. The third kappa shape index (κ3) is 4.88.